The summed E-state index contributed by atoms with van der Waals surface area (Å²) in [6, 6.07) is 6.09. The van der Waals surface area contributed by atoms with Gasteiger partial charge in [0, 0.05) is 17.8 Å². The lowest BCUT2D eigenvalue weighted by atomic mass is 10.0. The van der Waals surface area contributed by atoms with E-state index in [1.807, 2.05) is 18.5 Å². The van der Waals surface area contributed by atoms with Crippen LogP contribution in [0.3, 0.4) is 0 Å². The van der Waals surface area contributed by atoms with Gasteiger partial charge in [-0.15, -0.1) is 0 Å². The summed E-state index contributed by atoms with van der Waals surface area (Å²) in [6.07, 6.45) is 2.93. The molecule has 1 aromatic carbocycles. The molecule has 1 saturated heterocycles. The normalized spacial score (nSPS) is 18.7. The van der Waals surface area contributed by atoms with E-state index in [1.165, 1.54) is 12.1 Å². The van der Waals surface area contributed by atoms with Crippen LogP contribution in [0, 0.1) is 19.7 Å². The van der Waals surface area contributed by atoms with E-state index in [1.54, 1.807) is 12.1 Å². The van der Waals surface area contributed by atoms with E-state index in [4.69, 9.17) is 5.73 Å². The first kappa shape index (κ1) is 16.6. The standard InChI is InChI=1S/C18H23FN4O/c1-12-16(11-22-10-4-3-5-17(22)18(20)24)13(2)23(21-12)15-8-6-14(19)7-9-15/h6-9,17H,3-5,10-11H2,1-2H3,(H2,20,24). The second-order valence-corrected chi connectivity index (χ2v) is 6.42. The molecule has 1 unspecified atom stereocenters. The van der Waals surface area contributed by atoms with Crippen molar-refractivity contribution >= 4 is 5.91 Å². The summed E-state index contributed by atoms with van der Waals surface area (Å²) < 4.78 is 15.0. The molecule has 5 nitrogen and oxygen atoms in total. The molecule has 3 rings (SSSR count). The highest BCUT2D eigenvalue weighted by atomic mass is 19.1. The van der Waals surface area contributed by atoms with Gasteiger partial charge >= 0.3 is 0 Å². The maximum atomic E-state index is 13.1. The van der Waals surface area contributed by atoms with Crippen molar-refractivity contribution in [2.45, 2.75) is 45.7 Å². The molecule has 128 valence electrons. The molecule has 24 heavy (non-hydrogen) atoms. The Hall–Kier alpha value is -2.21. The van der Waals surface area contributed by atoms with Crippen molar-refractivity contribution in [3.8, 4) is 5.69 Å². The highest BCUT2D eigenvalue weighted by Crippen LogP contribution is 2.24. The van der Waals surface area contributed by atoms with Gasteiger partial charge in [-0.1, -0.05) is 6.42 Å². The van der Waals surface area contributed by atoms with Crippen LogP contribution in [-0.4, -0.2) is 33.2 Å². The predicted molar refractivity (Wildman–Crippen MR) is 90.2 cm³/mol. The topological polar surface area (TPSA) is 64.2 Å². The molecule has 0 spiro atoms. The third-order valence-electron chi connectivity index (χ3n) is 4.82. The van der Waals surface area contributed by atoms with Gasteiger partial charge in [0.05, 0.1) is 17.4 Å². The Morgan fingerprint density at radius 3 is 2.67 bits per heavy atom. The molecule has 0 saturated carbocycles. The number of piperidine rings is 1. The van der Waals surface area contributed by atoms with Crippen LogP contribution in [0.1, 0.15) is 36.2 Å². The Balaban J connectivity index is 1.89. The summed E-state index contributed by atoms with van der Waals surface area (Å²) in [5, 5.41) is 4.60. The minimum atomic E-state index is -0.266. The number of halogens is 1. The van der Waals surface area contributed by atoms with Crippen LogP contribution in [0.4, 0.5) is 4.39 Å². The largest absolute Gasteiger partial charge is 0.368 e. The van der Waals surface area contributed by atoms with Gasteiger partial charge in [-0.3, -0.25) is 9.69 Å². The number of hydrogen-bond acceptors (Lipinski definition) is 3. The SMILES string of the molecule is Cc1nn(-c2ccc(F)cc2)c(C)c1CN1CCCCC1C(N)=O. The Morgan fingerprint density at radius 1 is 1.29 bits per heavy atom. The first-order chi connectivity index (χ1) is 11.5. The van der Waals surface area contributed by atoms with Gasteiger partial charge in [-0.05, 0) is 57.5 Å². The average molecular weight is 330 g/mol. The van der Waals surface area contributed by atoms with Gasteiger partial charge in [0.25, 0.3) is 0 Å². The molecule has 1 aromatic heterocycles. The van der Waals surface area contributed by atoms with Crippen LogP contribution >= 0.6 is 0 Å². The number of benzene rings is 1. The van der Waals surface area contributed by atoms with Crippen LogP contribution in [-0.2, 0) is 11.3 Å². The maximum absolute atomic E-state index is 13.1. The third kappa shape index (κ3) is 3.19. The van der Waals surface area contributed by atoms with E-state index in [0.29, 0.717) is 6.54 Å². The van der Waals surface area contributed by atoms with Crippen LogP contribution in [0.25, 0.3) is 5.69 Å². The Kier molecular flexibility index (Phi) is 4.66. The molecule has 1 aliphatic heterocycles. The lowest BCUT2D eigenvalue weighted by Crippen LogP contribution is -2.47. The van der Waals surface area contributed by atoms with Gasteiger partial charge in [0.15, 0.2) is 0 Å². The lowest BCUT2D eigenvalue weighted by Gasteiger charge is -2.33. The lowest BCUT2D eigenvalue weighted by molar-refractivity contribution is -0.124. The fourth-order valence-corrected chi connectivity index (χ4v) is 3.44. The van der Waals surface area contributed by atoms with Crippen molar-refractivity contribution in [2.24, 2.45) is 5.73 Å². The highest BCUT2D eigenvalue weighted by molar-refractivity contribution is 5.79. The van der Waals surface area contributed by atoms with Gasteiger partial charge < -0.3 is 5.73 Å². The number of carbonyl (C=O) groups is 1. The number of aryl methyl sites for hydroxylation is 1. The summed E-state index contributed by atoms with van der Waals surface area (Å²) >= 11 is 0. The number of nitrogens with zero attached hydrogens (tertiary/aromatic N) is 3. The van der Waals surface area contributed by atoms with Gasteiger partial charge in [-0.2, -0.15) is 5.10 Å². The molecule has 1 fully saturated rings. The number of likely N-dealkylation sites (tertiary alicyclic amines) is 1. The zero-order chi connectivity index (χ0) is 17.3. The zero-order valence-electron chi connectivity index (χ0n) is 14.1. The average Bonchev–Trinajstić information content (AvgIpc) is 2.84. The molecular weight excluding hydrogens is 307 g/mol. The summed E-state index contributed by atoms with van der Waals surface area (Å²) in [6.45, 7) is 5.49. The molecule has 1 atom stereocenters. The summed E-state index contributed by atoms with van der Waals surface area (Å²) in [5.74, 6) is -0.519. The van der Waals surface area contributed by atoms with E-state index in [2.05, 4.69) is 10.00 Å². The first-order valence-corrected chi connectivity index (χ1v) is 8.32. The quantitative estimate of drug-likeness (QED) is 0.936. The van der Waals surface area contributed by atoms with Crippen LogP contribution < -0.4 is 5.73 Å². The fourth-order valence-electron chi connectivity index (χ4n) is 3.44. The number of hydrogen-bond donors (Lipinski definition) is 1. The summed E-state index contributed by atoms with van der Waals surface area (Å²) in [5.41, 5.74) is 9.42. The van der Waals surface area contributed by atoms with Crippen LogP contribution in [0.5, 0.6) is 0 Å². The Morgan fingerprint density at radius 2 is 2.00 bits per heavy atom. The van der Waals surface area contributed by atoms with Crippen LogP contribution in [0.2, 0.25) is 0 Å². The summed E-state index contributed by atoms with van der Waals surface area (Å²) in [4.78, 5) is 13.9. The second-order valence-electron chi connectivity index (χ2n) is 6.42. The summed E-state index contributed by atoms with van der Waals surface area (Å²) in [7, 11) is 0. The number of carbonyl (C=O) groups excluding carboxylic acids is 1. The second kappa shape index (κ2) is 6.73. The monoisotopic (exact) mass is 330 g/mol. The molecular formula is C18H23FN4O. The van der Waals surface area contributed by atoms with Crippen molar-refractivity contribution in [1.29, 1.82) is 0 Å². The molecule has 2 aromatic rings. The molecule has 6 heteroatoms. The van der Waals surface area contributed by atoms with Gasteiger partial charge in [0.1, 0.15) is 5.82 Å². The molecule has 0 radical (unpaired) electrons. The van der Waals surface area contributed by atoms with Crippen molar-refractivity contribution in [1.82, 2.24) is 14.7 Å². The molecule has 1 aliphatic rings. The minimum absolute atomic E-state index is 0.202. The first-order valence-electron chi connectivity index (χ1n) is 8.32. The molecule has 1 amide bonds. The van der Waals surface area contributed by atoms with E-state index >= 15 is 0 Å². The van der Waals surface area contributed by atoms with Crippen molar-refractivity contribution in [2.75, 3.05) is 6.54 Å². The number of amides is 1. The third-order valence-corrected chi connectivity index (χ3v) is 4.82. The number of rotatable bonds is 4. The van der Waals surface area contributed by atoms with Crippen molar-refractivity contribution in [3.05, 3.63) is 47.0 Å². The minimum Gasteiger partial charge on any atom is -0.368 e. The molecule has 0 bridgehead atoms. The van der Waals surface area contributed by atoms with E-state index in [9.17, 15) is 9.18 Å². The number of nitrogens with two attached hydrogens (primary N) is 1. The molecule has 2 N–H and O–H groups in total. The zero-order valence-corrected chi connectivity index (χ0v) is 14.1. The van der Waals surface area contributed by atoms with Crippen molar-refractivity contribution in [3.63, 3.8) is 0 Å². The number of primary amides is 1. The maximum Gasteiger partial charge on any atom is 0.234 e. The van der Waals surface area contributed by atoms with Gasteiger partial charge in [0.2, 0.25) is 5.91 Å². The Bertz CT molecular complexity index is 738. The van der Waals surface area contributed by atoms with Gasteiger partial charge in [-0.25, -0.2) is 9.07 Å². The number of aromatic nitrogens is 2. The van der Waals surface area contributed by atoms with E-state index in [-0.39, 0.29) is 17.8 Å². The fraction of sp³-hybridized carbons (Fsp3) is 0.444. The smallest absolute Gasteiger partial charge is 0.234 e. The predicted octanol–water partition coefficient (Wildman–Crippen LogP) is 2.47. The van der Waals surface area contributed by atoms with Crippen molar-refractivity contribution < 1.29 is 9.18 Å². The molecule has 0 aliphatic carbocycles. The Labute approximate surface area is 141 Å². The molecule has 2 heterocycles. The highest BCUT2D eigenvalue weighted by Gasteiger charge is 2.28. The van der Waals surface area contributed by atoms with E-state index < -0.39 is 0 Å². The van der Waals surface area contributed by atoms with E-state index in [0.717, 1.165) is 48.4 Å². The van der Waals surface area contributed by atoms with Crippen LogP contribution in [0.15, 0.2) is 24.3 Å².